The summed E-state index contributed by atoms with van der Waals surface area (Å²) >= 11 is 0. The predicted octanol–water partition coefficient (Wildman–Crippen LogP) is 3.24. The summed E-state index contributed by atoms with van der Waals surface area (Å²) in [7, 11) is 1.41. The van der Waals surface area contributed by atoms with Gasteiger partial charge in [0.1, 0.15) is 0 Å². The number of esters is 1. The van der Waals surface area contributed by atoms with Gasteiger partial charge in [-0.15, -0.1) is 0 Å². The Morgan fingerprint density at radius 2 is 1.79 bits per heavy atom. The lowest BCUT2D eigenvalue weighted by Crippen LogP contribution is -2.42. The lowest BCUT2D eigenvalue weighted by Gasteiger charge is -2.39. The van der Waals surface area contributed by atoms with Gasteiger partial charge in [-0.25, -0.2) is 4.79 Å². The van der Waals surface area contributed by atoms with Crippen molar-refractivity contribution in [3.63, 3.8) is 0 Å². The molecule has 1 aromatic carbocycles. The number of hydrogen-bond acceptors (Lipinski definition) is 3. The Hall–Kier alpha value is -1.35. The third kappa shape index (κ3) is 3.35. The zero-order valence-electron chi connectivity index (χ0n) is 12.1. The molecule has 2 atom stereocenters. The van der Waals surface area contributed by atoms with E-state index in [9.17, 15) is 4.79 Å². The summed E-state index contributed by atoms with van der Waals surface area (Å²) in [5.41, 5.74) is 1.87. The summed E-state index contributed by atoms with van der Waals surface area (Å²) in [5, 5.41) is 0. The van der Waals surface area contributed by atoms with E-state index < -0.39 is 0 Å². The average Bonchev–Trinajstić information content (AvgIpc) is 2.43. The van der Waals surface area contributed by atoms with E-state index in [4.69, 9.17) is 4.74 Å². The van der Waals surface area contributed by atoms with Crippen molar-refractivity contribution in [3.8, 4) is 0 Å². The lowest BCUT2D eigenvalue weighted by atomic mass is 9.96. The smallest absolute Gasteiger partial charge is 0.337 e. The Morgan fingerprint density at radius 1 is 1.21 bits per heavy atom. The van der Waals surface area contributed by atoms with Crippen LogP contribution < -0.4 is 0 Å². The van der Waals surface area contributed by atoms with Gasteiger partial charge in [0.25, 0.3) is 0 Å². The summed E-state index contributed by atoms with van der Waals surface area (Å²) in [5.74, 6) is -0.272. The van der Waals surface area contributed by atoms with Crippen molar-refractivity contribution >= 4 is 5.97 Å². The zero-order valence-corrected chi connectivity index (χ0v) is 12.1. The second-order valence-corrected chi connectivity index (χ2v) is 5.49. The Bertz CT molecular complexity index is 417. The molecule has 1 aliphatic rings. The first-order valence-corrected chi connectivity index (χ1v) is 7.05. The maximum Gasteiger partial charge on any atom is 0.337 e. The molecule has 0 radical (unpaired) electrons. The monoisotopic (exact) mass is 261 g/mol. The third-order valence-corrected chi connectivity index (χ3v) is 4.12. The molecule has 1 saturated heterocycles. The standard InChI is InChI=1S/C16H23NO2/c1-12-5-4-6-13(2)17(12)11-14-7-9-15(10-8-14)16(18)19-3/h7-10,12-13H,4-6,11H2,1-3H3. The normalized spacial score (nSPS) is 24.2. The van der Waals surface area contributed by atoms with Crippen LogP contribution in [-0.4, -0.2) is 30.1 Å². The fourth-order valence-corrected chi connectivity index (χ4v) is 2.86. The predicted molar refractivity (Wildman–Crippen MR) is 76.1 cm³/mol. The molecule has 0 saturated carbocycles. The van der Waals surface area contributed by atoms with Crippen LogP contribution in [0.25, 0.3) is 0 Å². The largest absolute Gasteiger partial charge is 0.465 e. The summed E-state index contributed by atoms with van der Waals surface area (Å²) in [6.07, 6.45) is 3.90. The molecule has 0 N–H and O–H groups in total. The number of carbonyl (C=O) groups excluding carboxylic acids is 1. The van der Waals surface area contributed by atoms with Crippen molar-refractivity contribution in [2.75, 3.05) is 7.11 Å². The minimum Gasteiger partial charge on any atom is -0.465 e. The van der Waals surface area contributed by atoms with Crippen LogP contribution in [0.5, 0.6) is 0 Å². The molecule has 1 aliphatic heterocycles. The van der Waals surface area contributed by atoms with Crippen LogP contribution in [0.15, 0.2) is 24.3 Å². The highest BCUT2D eigenvalue weighted by Gasteiger charge is 2.24. The number of hydrogen-bond donors (Lipinski definition) is 0. The van der Waals surface area contributed by atoms with E-state index >= 15 is 0 Å². The van der Waals surface area contributed by atoms with Gasteiger partial charge in [0, 0.05) is 18.6 Å². The minimum atomic E-state index is -0.272. The summed E-state index contributed by atoms with van der Waals surface area (Å²) < 4.78 is 4.71. The molecule has 3 heteroatoms. The van der Waals surface area contributed by atoms with Crippen molar-refractivity contribution in [2.24, 2.45) is 0 Å². The molecule has 0 spiro atoms. The van der Waals surface area contributed by atoms with Gasteiger partial charge >= 0.3 is 5.97 Å². The number of benzene rings is 1. The second kappa shape index (κ2) is 6.20. The summed E-state index contributed by atoms with van der Waals surface area (Å²) in [4.78, 5) is 13.9. The fraction of sp³-hybridized carbons (Fsp3) is 0.562. The van der Waals surface area contributed by atoms with Crippen molar-refractivity contribution in [2.45, 2.75) is 51.7 Å². The molecule has 2 rings (SSSR count). The van der Waals surface area contributed by atoms with Crippen LogP contribution >= 0.6 is 0 Å². The van der Waals surface area contributed by atoms with Crippen LogP contribution in [-0.2, 0) is 11.3 Å². The lowest BCUT2D eigenvalue weighted by molar-refractivity contribution is 0.0600. The van der Waals surface area contributed by atoms with E-state index in [2.05, 4.69) is 18.7 Å². The van der Waals surface area contributed by atoms with Gasteiger partial charge in [0.15, 0.2) is 0 Å². The number of piperidine rings is 1. The van der Waals surface area contributed by atoms with Gasteiger partial charge in [-0.05, 0) is 44.4 Å². The first-order valence-electron chi connectivity index (χ1n) is 7.05. The van der Waals surface area contributed by atoms with Gasteiger partial charge in [0.2, 0.25) is 0 Å². The van der Waals surface area contributed by atoms with Crippen LogP contribution in [0.3, 0.4) is 0 Å². The molecule has 0 aromatic heterocycles. The molecule has 104 valence electrons. The molecule has 1 heterocycles. The molecular formula is C16H23NO2. The molecule has 19 heavy (non-hydrogen) atoms. The van der Waals surface area contributed by atoms with Crippen LogP contribution in [0.2, 0.25) is 0 Å². The van der Waals surface area contributed by atoms with Gasteiger partial charge in [-0.2, -0.15) is 0 Å². The molecule has 0 amide bonds. The average molecular weight is 261 g/mol. The van der Waals surface area contributed by atoms with Crippen LogP contribution in [0, 0.1) is 0 Å². The van der Waals surface area contributed by atoms with Crippen molar-refractivity contribution in [1.82, 2.24) is 4.90 Å². The van der Waals surface area contributed by atoms with Crippen molar-refractivity contribution in [1.29, 1.82) is 0 Å². The molecule has 1 aromatic rings. The highest BCUT2D eigenvalue weighted by atomic mass is 16.5. The number of carbonyl (C=O) groups is 1. The zero-order chi connectivity index (χ0) is 13.8. The molecular weight excluding hydrogens is 238 g/mol. The summed E-state index contributed by atoms with van der Waals surface area (Å²) in [6.45, 7) is 5.57. The van der Waals surface area contributed by atoms with Gasteiger partial charge in [-0.1, -0.05) is 18.6 Å². The number of methoxy groups -OCH3 is 1. The van der Waals surface area contributed by atoms with Crippen molar-refractivity contribution in [3.05, 3.63) is 35.4 Å². The number of nitrogens with zero attached hydrogens (tertiary/aromatic N) is 1. The summed E-state index contributed by atoms with van der Waals surface area (Å²) in [6, 6.07) is 9.04. The first-order chi connectivity index (χ1) is 9.11. The molecule has 0 aliphatic carbocycles. The van der Waals surface area contributed by atoms with Crippen LogP contribution in [0.1, 0.15) is 49.0 Å². The van der Waals surface area contributed by atoms with Gasteiger partial charge < -0.3 is 4.74 Å². The van der Waals surface area contributed by atoms with E-state index in [0.717, 1.165) is 6.54 Å². The van der Waals surface area contributed by atoms with E-state index in [0.29, 0.717) is 17.6 Å². The molecule has 3 nitrogen and oxygen atoms in total. The maximum atomic E-state index is 11.4. The fourth-order valence-electron chi connectivity index (χ4n) is 2.86. The SMILES string of the molecule is COC(=O)c1ccc(CN2C(C)CCCC2C)cc1. The number of ether oxygens (including phenoxy) is 1. The number of rotatable bonds is 3. The Balaban J connectivity index is 2.04. The van der Waals surface area contributed by atoms with Gasteiger partial charge in [-0.3, -0.25) is 4.90 Å². The second-order valence-electron chi connectivity index (χ2n) is 5.49. The van der Waals surface area contributed by atoms with E-state index in [1.807, 2.05) is 24.3 Å². The Morgan fingerprint density at radius 3 is 2.32 bits per heavy atom. The maximum absolute atomic E-state index is 11.4. The highest BCUT2D eigenvalue weighted by molar-refractivity contribution is 5.89. The quantitative estimate of drug-likeness (QED) is 0.782. The van der Waals surface area contributed by atoms with Gasteiger partial charge in [0.05, 0.1) is 12.7 Å². The molecule has 2 unspecified atom stereocenters. The van der Waals surface area contributed by atoms with Crippen LogP contribution in [0.4, 0.5) is 0 Å². The molecule has 0 bridgehead atoms. The van der Waals surface area contributed by atoms with Crippen molar-refractivity contribution < 1.29 is 9.53 Å². The highest BCUT2D eigenvalue weighted by Crippen LogP contribution is 2.24. The first kappa shape index (κ1) is 14.1. The number of likely N-dealkylation sites (tertiary alicyclic amines) is 1. The third-order valence-electron chi connectivity index (χ3n) is 4.12. The Labute approximate surface area is 115 Å². The van der Waals surface area contributed by atoms with E-state index in [1.165, 1.54) is 31.9 Å². The Kier molecular flexibility index (Phi) is 4.59. The topological polar surface area (TPSA) is 29.5 Å². The van der Waals surface area contributed by atoms with E-state index in [1.54, 1.807) is 0 Å². The molecule has 1 fully saturated rings. The van der Waals surface area contributed by atoms with E-state index in [-0.39, 0.29) is 5.97 Å². The minimum absolute atomic E-state index is 0.272.